The third-order valence-corrected chi connectivity index (χ3v) is 5.44. The minimum absolute atomic E-state index is 0.0883. The van der Waals surface area contributed by atoms with E-state index in [0.29, 0.717) is 57.0 Å². The third-order valence-electron chi connectivity index (χ3n) is 5.44. The van der Waals surface area contributed by atoms with E-state index in [-0.39, 0.29) is 17.9 Å². The Morgan fingerprint density at radius 3 is 2.50 bits per heavy atom. The molecule has 8 nitrogen and oxygen atoms in total. The lowest BCUT2D eigenvalue weighted by atomic mass is 10.1. The van der Waals surface area contributed by atoms with Crippen molar-refractivity contribution in [3.05, 3.63) is 35.1 Å². The van der Waals surface area contributed by atoms with E-state index < -0.39 is 5.82 Å². The SMILES string of the molecule is CN=C(NCCNC(=O)c1ccc(C)c(F)c1)N1CCN(C(=O)C2CCCO2)CC1. The maximum Gasteiger partial charge on any atom is 0.251 e. The average molecular weight is 420 g/mol. The van der Waals surface area contributed by atoms with Crippen LogP contribution in [0.15, 0.2) is 23.2 Å². The van der Waals surface area contributed by atoms with E-state index in [4.69, 9.17) is 4.74 Å². The lowest BCUT2D eigenvalue weighted by molar-refractivity contribution is -0.142. The van der Waals surface area contributed by atoms with Gasteiger partial charge in [0.2, 0.25) is 0 Å². The smallest absolute Gasteiger partial charge is 0.251 e. The number of carbonyl (C=O) groups excluding carboxylic acids is 2. The molecule has 2 heterocycles. The Hall–Kier alpha value is -2.68. The summed E-state index contributed by atoms with van der Waals surface area (Å²) in [6.07, 6.45) is 1.48. The van der Waals surface area contributed by atoms with Crippen molar-refractivity contribution >= 4 is 17.8 Å². The Balaban J connectivity index is 1.39. The van der Waals surface area contributed by atoms with Gasteiger partial charge in [0.25, 0.3) is 11.8 Å². The maximum atomic E-state index is 13.6. The number of halogens is 1. The first-order valence-corrected chi connectivity index (χ1v) is 10.4. The van der Waals surface area contributed by atoms with Crippen LogP contribution in [0.1, 0.15) is 28.8 Å². The molecule has 0 saturated carbocycles. The second-order valence-corrected chi connectivity index (χ2v) is 7.51. The number of amides is 2. The first-order chi connectivity index (χ1) is 14.5. The van der Waals surface area contributed by atoms with Gasteiger partial charge in [-0.15, -0.1) is 0 Å². The molecule has 3 rings (SSSR count). The number of aryl methyl sites for hydroxylation is 1. The molecular formula is C21H30FN5O3. The molecule has 2 N–H and O–H groups in total. The van der Waals surface area contributed by atoms with E-state index in [9.17, 15) is 14.0 Å². The van der Waals surface area contributed by atoms with Gasteiger partial charge in [-0.3, -0.25) is 14.6 Å². The normalized spacial score (nSPS) is 19.7. The van der Waals surface area contributed by atoms with Crippen molar-refractivity contribution in [2.45, 2.75) is 25.9 Å². The van der Waals surface area contributed by atoms with Gasteiger partial charge in [-0.05, 0) is 37.5 Å². The van der Waals surface area contributed by atoms with Gasteiger partial charge >= 0.3 is 0 Å². The molecule has 1 aromatic rings. The summed E-state index contributed by atoms with van der Waals surface area (Å²) in [5.41, 5.74) is 0.809. The summed E-state index contributed by atoms with van der Waals surface area (Å²) < 4.78 is 19.1. The highest BCUT2D eigenvalue weighted by Gasteiger charge is 2.30. The topological polar surface area (TPSA) is 86.3 Å². The number of rotatable bonds is 5. The van der Waals surface area contributed by atoms with Crippen molar-refractivity contribution in [2.24, 2.45) is 4.99 Å². The average Bonchev–Trinajstić information content (AvgIpc) is 3.30. The van der Waals surface area contributed by atoms with Crippen molar-refractivity contribution in [3.63, 3.8) is 0 Å². The summed E-state index contributed by atoms with van der Waals surface area (Å²) in [6, 6.07) is 4.44. The zero-order valence-electron chi connectivity index (χ0n) is 17.6. The Labute approximate surface area is 176 Å². The molecule has 0 aromatic heterocycles. The molecule has 2 saturated heterocycles. The van der Waals surface area contributed by atoms with Gasteiger partial charge in [0, 0.05) is 58.5 Å². The van der Waals surface area contributed by atoms with Crippen LogP contribution in [0.25, 0.3) is 0 Å². The van der Waals surface area contributed by atoms with Gasteiger partial charge in [-0.2, -0.15) is 0 Å². The van der Waals surface area contributed by atoms with E-state index >= 15 is 0 Å². The molecule has 2 aliphatic heterocycles. The van der Waals surface area contributed by atoms with Gasteiger partial charge in [-0.1, -0.05) is 6.07 Å². The second-order valence-electron chi connectivity index (χ2n) is 7.51. The predicted molar refractivity (Wildman–Crippen MR) is 112 cm³/mol. The first kappa shape index (κ1) is 22.0. The second kappa shape index (κ2) is 10.4. The number of aliphatic imine (C=N–C) groups is 1. The lowest BCUT2D eigenvalue weighted by Gasteiger charge is -2.37. The summed E-state index contributed by atoms with van der Waals surface area (Å²) in [6.45, 7) is 5.84. The largest absolute Gasteiger partial charge is 0.368 e. The fourth-order valence-corrected chi connectivity index (χ4v) is 3.63. The van der Waals surface area contributed by atoms with Crippen molar-refractivity contribution in [1.29, 1.82) is 0 Å². The van der Waals surface area contributed by atoms with E-state index in [1.807, 2.05) is 4.90 Å². The fraction of sp³-hybridized carbons (Fsp3) is 0.571. The molecule has 0 spiro atoms. The minimum Gasteiger partial charge on any atom is -0.368 e. The Bertz CT molecular complexity index is 787. The Kier molecular flexibility index (Phi) is 7.62. The standard InChI is InChI=1S/C21H30FN5O3/c1-15-5-6-16(14-17(15)22)19(28)24-7-8-25-21(23-2)27-11-9-26(10-12-27)20(29)18-4-3-13-30-18/h5-6,14,18H,3-4,7-13H2,1-2H3,(H,23,25)(H,24,28). The molecule has 1 unspecified atom stereocenters. The molecule has 2 fully saturated rings. The molecule has 2 aliphatic rings. The van der Waals surface area contributed by atoms with Gasteiger partial charge in [0.1, 0.15) is 11.9 Å². The van der Waals surface area contributed by atoms with Gasteiger partial charge in [0.05, 0.1) is 0 Å². The molecule has 0 radical (unpaired) electrons. The van der Waals surface area contributed by atoms with Crippen molar-refractivity contribution in [1.82, 2.24) is 20.4 Å². The number of hydrogen-bond donors (Lipinski definition) is 2. The van der Waals surface area contributed by atoms with Crippen LogP contribution in [-0.2, 0) is 9.53 Å². The number of carbonyl (C=O) groups is 2. The van der Waals surface area contributed by atoms with E-state index in [2.05, 4.69) is 20.5 Å². The molecule has 2 amide bonds. The molecule has 0 bridgehead atoms. The number of benzene rings is 1. The van der Waals surface area contributed by atoms with Crippen LogP contribution in [-0.4, -0.2) is 86.6 Å². The number of piperazine rings is 1. The third kappa shape index (κ3) is 5.47. The number of guanidine groups is 1. The Morgan fingerprint density at radius 2 is 1.87 bits per heavy atom. The number of ether oxygens (including phenoxy) is 1. The molecule has 30 heavy (non-hydrogen) atoms. The first-order valence-electron chi connectivity index (χ1n) is 10.4. The Morgan fingerprint density at radius 1 is 1.17 bits per heavy atom. The fourth-order valence-electron chi connectivity index (χ4n) is 3.63. The molecule has 9 heteroatoms. The number of nitrogens with one attached hydrogen (secondary N) is 2. The van der Waals surface area contributed by atoms with Crippen LogP contribution >= 0.6 is 0 Å². The van der Waals surface area contributed by atoms with E-state index in [0.717, 1.165) is 18.8 Å². The van der Waals surface area contributed by atoms with E-state index in [1.165, 1.54) is 6.07 Å². The minimum atomic E-state index is -0.390. The monoisotopic (exact) mass is 419 g/mol. The molecular weight excluding hydrogens is 389 g/mol. The summed E-state index contributed by atoms with van der Waals surface area (Å²) in [7, 11) is 1.71. The summed E-state index contributed by atoms with van der Waals surface area (Å²) in [5.74, 6) is 0.116. The molecule has 0 aliphatic carbocycles. The highest BCUT2D eigenvalue weighted by Crippen LogP contribution is 2.16. The van der Waals surface area contributed by atoms with Crippen LogP contribution in [0.3, 0.4) is 0 Å². The van der Waals surface area contributed by atoms with Crippen molar-refractivity contribution < 1.29 is 18.7 Å². The highest BCUT2D eigenvalue weighted by molar-refractivity contribution is 5.94. The number of nitrogens with zero attached hydrogens (tertiary/aromatic N) is 3. The highest BCUT2D eigenvalue weighted by atomic mass is 19.1. The van der Waals surface area contributed by atoms with Crippen molar-refractivity contribution in [2.75, 3.05) is 52.9 Å². The summed E-state index contributed by atoms with van der Waals surface area (Å²) in [4.78, 5) is 32.8. The quantitative estimate of drug-likeness (QED) is 0.418. The van der Waals surface area contributed by atoms with Crippen LogP contribution < -0.4 is 10.6 Å². The zero-order chi connectivity index (χ0) is 21.5. The van der Waals surface area contributed by atoms with Crippen LogP contribution in [0.4, 0.5) is 4.39 Å². The number of hydrogen-bond acceptors (Lipinski definition) is 4. The lowest BCUT2D eigenvalue weighted by Crippen LogP contribution is -2.55. The summed E-state index contributed by atoms with van der Waals surface area (Å²) >= 11 is 0. The van der Waals surface area contributed by atoms with Crippen LogP contribution in [0, 0.1) is 12.7 Å². The van der Waals surface area contributed by atoms with Crippen LogP contribution in [0.5, 0.6) is 0 Å². The van der Waals surface area contributed by atoms with Gasteiger partial charge in [0.15, 0.2) is 5.96 Å². The van der Waals surface area contributed by atoms with Crippen LogP contribution in [0.2, 0.25) is 0 Å². The van der Waals surface area contributed by atoms with Gasteiger partial charge < -0.3 is 25.2 Å². The van der Waals surface area contributed by atoms with E-state index in [1.54, 1.807) is 26.1 Å². The van der Waals surface area contributed by atoms with Crippen molar-refractivity contribution in [3.8, 4) is 0 Å². The predicted octanol–water partition coefficient (Wildman–Crippen LogP) is 0.763. The molecule has 1 aromatic carbocycles. The summed E-state index contributed by atoms with van der Waals surface area (Å²) in [5, 5.41) is 6.00. The maximum absolute atomic E-state index is 13.6. The van der Waals surface area contributed by atoms with Gasteiger partial charge in [-0.25, -0.2) is 4.39 Å². The zero-order valence-corrected chi connectivity index (χ0v) is 17.6. The molecule has 164 valence electrons. The molecule has 1 atom stereocenters.